The van der Waals surface area contributed by atoms with Gasteiger partial charge in [0.05, 0.1) is 5.02 Å². The van der Waals surface area contributed by atoms with Gasteiger partial charge in [-0.15, -0.1) is 0 Å². The third kappa shape index (κ3) is 2.98. The summed E-state index contributed by atoms with van der Waals surface area (Å²) in [7, 11) is 0. The molecule has 88 valence electrons. The molecule has 0 aliphatic rings. The molecule has 2 nitrogen and oxygen atoms in total. The van der Waals surface area contributed by atoms with Crippen LogP contribution in [-0.2, 0) is 6.54 Å². The van der Waals surface area contributed by atoms with Gasteiger partial charge in [-0.25, -0.2) is 0 Å². The summed E-state index contributed by atoms with van der Waals surface area (Å²) in [4.78, 5) is 3.97. The van der Waals surface area contributed by atoms with E-state index < -0.39 is 0 Å². The Morgan fingerprint density at radius 3 is 2.82 bits per heavy atom. The lowest BCUT2D eigenvalue weighted by atomic mass is 10.1. The quantitative estimate of drug-likeness (QED) is 0.887. The Morgan fingerprint density at radius 2 is 2.06 bits per heavy atom. The van der Waals surface area contributed by atoms with Crippen LogP contribution in [0.2, 0.25) is 5.02 Å². The Bertz CT molecular complexity index is 523. The van der Waals surface area contributed by atoms with E-state index in [1.807, 2.05) is 6.07 Å². The highest BCUT2D eigenvalue weighted by Crippen LogP contribution is 2.19. The molecule has 1 heterocycles. The largest absolute Gasteiger partial charge is 0.381 e. The molecule has 3 heteroatoms. The lowest BCUT2D eigenvalue weighted by Gasteiger charge is -2.11. The number of hydrogen-bond donors (Lipinski definition) is 1. The summed E-state index contributed by atoms with van der Waals surface area (Å²) >= 11 is 6.06. The molecule has 0 saturated carbocycles. The minimum Gasteiger partial charge on any atom is -0.381 e. The summed E-state index contributed by atoms with van der Waals surface area (Å²) in [5.74, 6) is 0. The Kier molecular flexibility index (Phi) is 3.64. The molecule has 0 unspecified atom stereocenters. The molecule has 1 N–H and O–H groups in total. The molecule has 1 aromatic carbocycles. The zero-order valence-electron chi connectivity index (χ0n) is 10.00. The molecule has 0 spiro atoms. The lowest BCUT2D eigenvalue weighted by Crippen LogP contribution is -2.02. The van der Waals surface area contributed by atoms with Crippen LogP contribution in [0.15, 0.2) is 36.7 Å². The van der Waals surface area contributed by atoms with Gasteiger partial charge < -0.3 is 5.32 Å². The number of rotatable bonds is 3. The first kappa shape index (κ1) is 11.9. The first-order chi connectivity index (χ1) is 8.16. The van der Waals surface area contributed by atoms with E-state index in [1.165, 1.54) is 11.1 Å². The van der Waals surface area contributed by atoms with Crippen molar-refractivity contribution in [3.63, 3.8) is 0 Å². The number of halogens is 1. The summed E-state index contributed by atoms with van der Waals surface area (Å²) < 4.78 is 0. The van der Waals surface area contributed by atoms with Crippen molar-refractivity contribution in [3.8, 4) is 0 Å². The molecule has 0 aliphatic carbocycles. The van der Waals surface area contributed by atoms with Crippen LogP contribution < -0.4 is 5.32 Å². The zero-order chi connectivity index (χ0) is 12.3. The average Bonchev–Trinajstić information content (AvgIpc) is 2.32. The monoisotopic (exact) mass is 246 g/mol. The highest BCUT2D eigenvalue weighted by molar-refractivity contribution is 6.31. The smallest absolute Gasteiger partial charge is 0.0639 e. The number of nitrogens with one attached hydrogen (secondary N) is 1. The molecule has 1 aromatic heterocycles. The van der Waals surface area contributed by atoms with Gasteiger partial charge >= 0.3 is 0 Å². The van der Waals surface area contributed by atoms with Gasteiger partial charge in [-0.3, -0.25) is 4.98 Å². The number of pyridine rings is 1. The average molecular weight is 247 g/mol. The van der Waals surface area contributed by atoms with E-state index in [4.69, 9.17) is 11.6 Å². The fourth-order valence-corrected chi connectivity index (χ4v) is 1.85. The van der Waals surface area contributed by atoms with Crippen LogP contribution in [0.5, 0.6) is 0 Å². The molecule has 0 atom stereocenters. The molecule has 2 aromatic rings. The first-order valence-corrected chi connectivity index (χ1v) is 5.94. The number of hydrogen-bond acceptors (Lipinski definition) is 2. The highest BCUT2D eigenvalue weighted by Gasteiger charge is 2.01. The molecule has 0 fully saturated rings. The van der Waals surface area contributed by atoms with Gasteiger partial charge in [0.1, 0.15) is 0 Å². The van der Waals surface area contributed by atoms with E-state index in [-0.39, 0.29) is 0 Å². The Balaban J connectivity index is 2.12. The fraction of sp³-hybridized carbons (Fsp3) is 0.214. The number of benzene rings is 1. The Hall–Kier alpha value is -1.54. The SMILES string of the molecule is Cc1ccc(C)c(NCc2ccncc2Cl)c1. The molecule has 17 heavy (non-hydrogen) atoms. The number of anilines is 1. The lowest BCUT2D eigenvalue weighted by molar-refractivity contribution is 1.12. The van der Waals surface area contributed by atoms with Crippen molar-refractivity contribution in [2.75, 3.05) is 5.32 Å². The van der Waals surface area contributed by atoms with Crippen molar-refractivity contribution in [2.45, 2.75) is 20.4 Å². The van der Waals surface area contributed by atoms with Gasteiger partial charge in [-0.2, -0.15) is 0 Å². The molecule has 2 rings (SSSR count). The first-order valence-electron chi connectivity index (χ1n) is 5.56. The van der Waals surface area contributed by atoms with E-state index in [1.54, 1.807) is 12.4 Å². The summed E-state index contributed by atoms with van der Waals surface area (Å²) in [6, 6.07) is 8.30. The Morgan fingerprint density at radius 1 is 1.24 bits per heavy atom. The molecule has 0 saturated heterocycles. The Labute approximate surface area is 107 Å². The van der Waals surface area contributed by atoms with Crippen molar-refractivity contribution < 1.29 is 0 Å². The summed E-state index contributed by atoms with van der Waals surface area (Å²) in [6.45, 7) is 4.89. The molecule has 0 bridgehead atoms. The maximum Gasteiger partial charge on any atom is 0.0639 e. The van der Waals surface area contributed by atoms with E-state index in [0.717, 1.165) is 11.3 Å². The van der Waals surface area contributed by atoms with Gasteiger partial charge in [-0.05, 0) is 42.7 Å². The molecular formula is C14H15ClN2. The number of aryl methyl sites for hydroxylation is 2. The van der Waals surface area contributed by atoms with Crippen LogP contribution in [0.3, 0.4) is 0 Å². The number of nitrogens with zero attached hydrogens (tertiary/aromatic N) is 1. The second-order valence-corrected chi connectivity index (χ2v) is 4.55. The molecule has 0 radical (unpaired) electrons. The normalized spacial score (nSPS) is 10.3. The molecular weight excluding hydrogens is 232 g/mol. The van der Waals surface area contributed by atoms with Crippen molar-refractivity contribution >= 4 is 17.3 Å². The van der Waals surface area contributed by atoms with Gasteiger partial charge in [0, 0.05) is 24.6 Å². The summed E-state index contributed by atoms with van der Waals surface area (Å²) in [6.07, 6.45) is 3.42. The van der Waals surface area contributed by atoms with Crippen LogP contribution in [0, 0.1) is 13.8 Å². The number of aromatic nitrogens is 1. The highest BCUT2D eigenvalue weighted by atomic mass is 35.5. The van der Waals surface area contributed by atoms with Gasteiger partial charge in [0.15, 0.2) is 0 Å². The maximum atomic E-state index is 6.06. The second-order valence-electron chi connectivity index (χ2n) is 4.14. The van der Waals surface area contributed by atoms with Crippen molar-refractivity contribution in [2.24, 2.45) is 0 Å². The topological polar surface area (TPSA) is 24.9 Å². The minimum absolute atomic E-state index is 0.699. The van der Waals surface area contributed by atoms with E-state index in [9.17, 15) is 0 Å². The van der Waals surface area contributed by atoms with E-state index >= 15 is 0 Å². The van der Waals surface area contributed by atoms with Crippen molar-refractivity contribution in [1.82, 2.24) is 4.98 Å². The van der Waals surface area contributed by atoms with Gasteiger partial charge in [-0.1, -0.05) is 23.7 Å². The molecule has 0 amide bonds. The van der Waals surface area contributed by atoms with E-state index in [2.05, 4.69) is 42.3 Å². The standard InChI is InChI=1S/C14H15ClN2/c1-10-3-4-11(2)14(7-10)17-8-12-5-6-16-9-13(12)15/h3-7,9,17H,8H2,1-2H3. The van der Waals surface area contributed by atoms with Crippen molar-refractivity contribution in [1.29, 1.82) is 0 Å². The zero-order valence-corrected chi connectivity index (χ0v) is 10.8. The third-order valence-electron chi connectivity index (χ3n) is 2.72. The van der Waals surface area contributed by atoms with Crippen LogP contribution >= 0.6 is 11.6 Å². The maximum absolute atomic E-state index is 6.06. The molecule has 0 aliphatic heterocycles. The van der Waals surface area contributed by atoms with Crippen LogP contribution in [-0.4, -0.2) is 4.98 Å². The van der Waals surface area contributed by atoms with Crippen molar-refractivity contribution in [3.05, 3.63) is 58.4 Å². The van der Waals surface area contributed by atoms with Gasteiger partial charge in [0.2, 0.25) is 0 Å². The second kappa shape index (κ2) is 5.19. The van der Waals surface area contributed by atoms with Crippen LogP contribution in [0.25, 0.3) is 0 Å². The predicted octanol–water partition coefficient (Wildman–Crippen LogP) is 3.96. The summed E-state index contributed by atoms with van der Waals surface area (Å²) in [5.41, 5.74) is 4.69. The third-order valence-corrected chi connectivity index (χ3v) is 3.06. The fourth-order valence-electron chi connectivity index (χ4n) is 1.66. The van der Waals surface area contributed by atoms with Crippen LogP contribution in [0.4, 0.5) is 5.69 Å². The predicted molar refractivity (Wildman–Crippen MR) is 72.5 cm³/mol. The van der Waals surface area contributed by atoms with E-state index in [0.29, 0.717) is 11.6 Å². The minimum atomic E-state index is 0.699. The van der Waals surface area contributed by atoms with Crippen LogP contribution in [0.1, 0.15) is 16.7 Å². The summed E-state index contributed by atoms with van der Waals surface area (Å²) in [5, 5.41) is 4.10. The van der Waals surface area contributed by atoms with Gasteiger partial charge in [0.25, 0.3) is 0 Å².